The lowest BCUT2D eigenvalue weighted by atomic mass is 10.0. The second-order valence-electron chi connectivity index (χ2n) is 4.72. The molecule has 5 heteroatoms. The lowest BCUT2D eigenvalue weighted by Crippen LogP contribution is -2.29. The van der Waals surface area contributed by atoms with Gasteiger partial charge in [-0.3, -0.25) is 5.84 Å². The molecular formula is C14H14F2N2S. The first-order chi connectivity index (χ1) is 9.19. The molecule has 0 saturated heterocycles. The molecule has 0 amide bonds. The Hall–Kier alpha value is -1.30. The first kappa shape index (κ1) is 12.7. The van der Waals surface area contributed by atoms with Crippen molar-refractivity contribution in [2.75, 3.05) is 0 Å². The van der Waals surface area contributed by atoms with Crippen molar-refractivity contribution in [1.29, 1.82) is 0 Å². The zero-order chi connectivity index (χ0) is 13.4. The molecule has 3 N–H and O–H groups in total. The van der Waals surface area contributed by atoms with E-state index in [9.17, 15) is 8.78 Å². The van der Waals surface area contributed by atoms with Crippen LogP contribution >= 0.6 is 11.3 Å². The molecule has 0 spiro atoms. The van der Waals surface area contributed by atoms with E-state index in [0.29, 0.717) is 0 Å². The van der Waals surface area contributed by atoms with Crippen LogP contribution in [-0.2, 0) is 12.8 Å². The van der Waals surface area contributed by atoms with Gasteiger partial charge in [-0.1, -0.05) is 0 Å². The number of benzene rings is 1. The first-order valence-corrected chi connectivity index (χ1v) is 7.03. The average Bonchev–Trinajstić information content (AvgIpc) is 2.95. The van der Waals surface area contributed by atoms with E-state index in [2.05, 4.69) is 11.5 Å². The zero-order valence-corrected chi connectivity index (χ0v) is 11.1. The van der Waals surface area contributed by atoms with E-state index in [0.717, 1.165) is 29.9 Å². The molecule has 1 aliphatic rings. The molecule has 0 fully saturated rings. The minimum absolute atomic E-state index is 0.252. The molecule has 1 heterocycles. The first-order valence-electron chi connectivity index (χ1n) is 6.21. The predicted octanol–water partition coefficient (Wildman–Crippen LogP) is 3.07. The molecule has 0 saturated carbocycles. The molecule has 3 rings (SSSR count). The monoisotopic (exact) mass is 280 g/mol. The Kier molecular flexibility index (Phi) is 3.35. The van der Waals surface area contributed by atoms with Crippen LogP contribution in [0.1, 0.15) is 33.3 Å². The number of hydrogen-bond donors (Lipinski definition) is 2. The third-order valence-electron chi connectivity index (χ3n) is 3.49. The molecule has 1 aliphatic carbocycles. The molecule has 1 unspecified atom stereocenters. The molecule has 0 radical (unpaired) electrons. The van der Waals surface area contributed by atoms with Gasteiger partial charge in [-0.25, -0.2) is 14.2 Å². The van der Waals surface area contributed by atoms with Crippen molar-refractivity contribution >= 4 is 11.3 Å². The summed E-state index contributed by atoms with van der Waals surface area (Å²) in [4.78, 5) is 2.28. The number of fused-ring (bicyclic) bond motifs is 1. The van der Waals surface area contributed by atoms with Gasteiger partial charge in [0.25, 0.3) is 0 Å². The molecule has 1 aromatic heterocycles. The highest BCUT2D eigenvalue weighted by Gasteiger charge is 2.23. The Morgan fingerprint density at radius 3 is 2.79 bits per heavy atom. The third kappa shape index (κ3) is 2.29. The molecule has 1 aromatic carbocycles. The van der Waals surface area contributed by atoms with E-state index in [1.165, 1.54) is 22.9 Å². The lowest BCUT2D eigenvalue weighted by molar-refractivity contribution is 0.549. The van der Waals surface area contributed by atoms with Crippen LogP contribution in [0.4, 0.5) is 8.78 Å². The highest BCUT2D eigenvalue weighted by atomic mass is 32.1. The van der Waals surface area contributed by atoms with Crippen LogP contribution < -0.4 is 11.3 Å². The topological polar surface area (TPSA) is 38.0 Å². The molecule has 1 atom stereocenters. The highest BCUT2D eigenvalue weighted by Crippen LogP contribution is 2.36. The van der Waals surface area contributed by atoms with Crippen molar-refractivity contribution in [2.45, 2.75) is 25.3 Å². The summed E-state index contributed by atoms with van der Waals surface area (Å²) in [5.41, 5.74) is 4.16. The third-order valence-corrected chi connectivity index (χ3v) is 4.79. The lowest BCUT2D eigenvalue weighted by Gasteiger charge is -2.15. The van der Waals surface area contributed by atoms with Crippen LogP contribution in [0.2, 0.25) is 0 Å². The minimum Gasteiger partial charge on any atom is -0.271 e. The van der Waals surface area contributed by atoms with Gasteiger partial charge in [0.15, 0.2) is 0 Å². The number of nitrogens with two attached hydrogens (primary N) is 1. The van der Waals surface area contributed by atoms with Crippen molar-refractivity contribution in [3.63, 3.8) is 0 Å². The summed E-state index contributed by atoms with van der Waals surface area (Å²) < 4.78 is 27.1. The van der Waals surface area contributed by atoms with Gasteiger partial charge in [-0.05, 0) is 49.1 Å². The van der Waals surface area contributed by atoms with Crippen molar-refractivity contribution in [3.8, 4) is 0 Å². The van der Waals surface area contributed by atoms with Crippen LogP contribution in [-0.4, -0.2) is 0 Å². The Bertz CT molecular complexity index is 588. The molecular weight excluding hydrogens is 266 g/mol. The summed E-state index contributed by atoms with van der Waals surface area (Å²) in [5, 5.41) is 0. The number of halogens is 2. The van der Waals surface area contributed by atoms with E-state index in [-0.39, 0.29) is 5.56 Å². The van der Waals surface area contributed by atoms with Gasteiger partial charge >= 0.3 is 0 Å². The zero-order valence-electron chi connectivity index (χ0n) is 10.2. The summed E-state index contributed by atoms with van der Waals surface area (Å²) in [7, 11) is 0. The number of aryl methyl sites for hydroxylation is 2. The summed E-state index contributed by atoms with van der Waals surface area (Å²) in [6, 6.07) is 5.01. The average molecular weight is 280 g/mol. The predicted molar refractivity (Wildman–Crippen MR) is 71.9 cm³/mol. The van der Waals surface area contributed by atoms with Crippen LogP contribution in [0, 0.1) is 11.6 Å². The van der Waals surface area contributed by atoms with Gasteiger partial charge < -0.3 is 0 Å². The minimum atomic E-state index is -0.494. The van der Waals surface area contributed by atoms with Crippen LogP contribution in [0.5, 0.6) is 0 Å². The number of hydrogen-bond acceptors (Lipinski definition) is 3. The fraction of sp³-hybridized carbons (Fsp3) is 0.286. The van der Waals surface area contributed by atoms with Crippen molar-refractivity contribution < 1.29 is 8.78 Å². The number of thiophene rings is 1. The largest absolute Gasteiger partial charge is 0.271 e. The smallest absolute Gasteiger partial charge is 0.128 e. The summed E-state index contributed by atoms with van der Waals surface area (Å²) in [6.07, 6.45) is 3.31. The maximum atomic E-state index is 13.8. The van der Waals surface area contributed by atoms with Gasteiger partial charge in [0.2, 0.25) is 0 Å². The molecule has 2 nitrogen and oxygen atoms in total. The summed E-state index contributed by atoms with van der Waals surface area (Å²) in [6.45, 7) is 0. The maximum absolute atomic E-state index is 13.8. The Morgan fingerprint density at radius 2 is 2.05 bits per heavy atom. The van der Waals surface area contributed by atoms with Gasteiger partial charge in [0.1, 0.15) is 11.6 Å². The van der Waals surface area contributed by atoms with Crippen molar-refractivity contribution in [3.05, 3.63) is 56.8 Å². The highest BCUT2D eigenvalue weighted by molar-refractivity contribution is 7.12. The summed E-state index contributed by atoms with van der Waals surface area (Å²) in [5.74, 6) is 4.64. The SMILES string of the molecule is NNC(c1cc2c(s1)CCC2)c1cc(F)ccc1F. The number of hydrazine groups is 1. The Labute approximate surface area is 114 Å². The maximum Gasteiger partial charge on any atom is 0.128 e. The Balaban J connectivity index is 2.01. The van der Waals surface area contributed by atoms with E-state index in [1.807, 2.05) is 0 Å². The standard InChI is InChI=1S/C14H14F2N2S/c15-9-4-5-11(16)10(7-9)14(18-17)13-6-8-2-1-3-12(8)19-13/h4-7,14,18H,1-3,17H2. The molecule has 0 aliphatic heterocycles. The van der Waals surface area contributed by atoms with E-state index in [1.54, 1.807) is 11.3 Å². The van der Waals surface area contributed by atoms with Crippen molar-refractivity contribution in [1.82, 2.24) is 5.43 Å². The second-order valence-corrected chi connectivity index (χ2v) is 5.88. The molecule has 2 aromatic rings. The molecule has 19 heavy (non-hydrogen) atoms. The molecule has 0 bridgehead atoms. The van der Waals surface area contributed by atoms with E-state index >= 15 is 0 Å². The summed E-state index contributed by atoms with van der Waals surface area (Å²) >= 11 is 1.63. The van der Waals surface area contributed by atoms with Gasteiger partial charge in [0.05, 0.1) is 6.04 Å². The van der Waals surface area contributed by atoms with E-state index in [4.69, 9.17) is 5.84 Å². The Morgan fingerprint density at radius 1 is 1.21 bits per heavy atom. The van der Waals surface area contributed by atoms with Crippen LogP contribution in [0.25, 0.3) is 0 Å². The number of rotatable bonds is 3. The van der Waals surface area contributed by atoms with Crippen molar-refractivity contribution in [2.24, 2.45) is 5.84 Å². The fourth-order valence-electron chi connectivity index (χ4n) is 2.56. The number of nitrogens with one attached hydrogen (secondary N) is 1. The second kappa shape index (κ2) is 5.00. The van der Waals surface area contributed by atoms with Crippen LogP contribution in [0.3, 0.4) is 0 Å². The molecule has 100 valence electrons. The fourth-order valence-corrected chi connectivity index (χ4v) is 3.89. The normalized spacial score (nSPS) is 15.5. The quantitative estimate of drug-likeness (QED) is 0.670. The van der Waals surface area contributed by atoms with Gasteiger partial charge in [-0.2, -0.15) is 0 Å². The van der Waals surface area contributed by atoms with E-state index < -0.39 is 17.7 Å². The van der Waals surface area contributed by atoms with Gasteiger partial charge in [-0.15, -0.1) is 11.3 Å². The van der Waals surface area contributed by atoms with Gasteiger partial charge in [0, 0.05) is 15.3 Å². The van der Waals surface area contributed by atoms with Crippen LogP contribution in [0.15, 0.2) is 24.3 Å².